The SMILES string of the molecule is CCNC(c1ccccc1SC)c1sccc1Br. The van der Waals surface area contributed by atoms with Crippen LogP contribution in [0.25, 0.3) is 0 Å². The zero-order valence-corrected chi connectivity index (χ0v) is 13.7. The molecule has 0 saturated carbocycles. The van der Waals surface area contributed by atoms with E-state index < -0.39 is 0 Å². The van der Waals surface area contributed by atoms with E-state index in [1.165, 1.54) is 19.8 Å². The monoisotopic (exact) mass is 341 g/mol. The van der Waals surface area contributed by atoms with Gasteiger partial charge in [-0.15, -0.1) is 23.1 Å². The van der Waals surface area contributed by atoms with Gasteiger partial charge >= 0.3 is 0 Å². The van der Waals surface area contributed by atoms with Gasteiger partial charge in [-0.25, -0.2) is 0 Å². The molecule has 2 aromatic rings. The highest BCUT2D eigenvalue weighted by Crippen LogP contribution is 2.36. The van der Waals surface area contributed by atoms with Crippen molar-refractivity contribution in [3.05, 3.63) is 50.6 Å². The molecule has 1 aromatic heterocycles. The average Bonchev–Trinajstić information content (AvgIpc) is 2.82. The molecule has 2 rings (SSSR count). The Morgan fingerprint density at radius 2 is 2.11 bits per heavy atom. The van der Waals surface area contributed by atoms with E-state index in [1.54, 1.807) is 23.1 Å². The fourth-order valence-electron chi connectivity index (χ4n) is 1.96. The molecule has 1 heterocycles. The molecular formula is C14H16BrNS2. The van der Waals surface area contributed by atoms with Crippen LogP contribution in [0.2, 0.25) is 0 Å². The Labute approximate surface area is 125 Å². The van der Waals surface area contributed by atoms with Crippen LogP contribution in [0.15, 0.2) is 45.1 Å². The van der Waals surface area contributed by atoms with Crippen LogP contribution in [0.5, 0.6) is 0 Å². The van der Waals surface area contributed by atoms with Crippen LogP contribution >= 0.6 is 39.0 Å². The number of hydrogen-bond acceptors (Lipinski definition) is 3. The molecule has 0 radical (unpaired) electrons. The van der Waals surface area contributed by atoms with E-state index in [0.29, 0.717) is 0 Å². The van der Waals surface area contributed by atoms with Gasteiger partial charge in [-0.05, 0) is 51.8 Å². The number of benzene rings is 1. The molecular weight excluding hydrogens is 326 g/mol. The maximum absolute atomic E-state index is 3.64. The third-order valence-electron chi connectivity index (χ3n) is 2.77. The van der Waals surface area contributed by atoms with Gasteiger partial charge in [-0.2, -0.15) is 0 Å². The molecule has 0 saturated heterocycles. The smallest absolute Gasteiger partial charge is 0.0693 e. The lowest BCUT2D eigenvalue weighted by atomic mass is 10.1. The molecule has 0 aliphatic heterocycles. The summed E-state index contributed by atoms with van der Waals surface area (Å²) >= 11 is 7.24. The molecule has 1 aromatic carbocycles. The predicted octanol–water partition coefficient (Wildman–Crippen LogP) is 4.93. The molecule has 1 atom stereocenters. The van der Waals surface area contributed by atoms with Crippen LogP contribution in [-0.2, 0) is 0 Å². The Morgan fingerprint density at radius 1 is 1.33 bits per heavy atom. The van der Waals surface area contributed by atoms with Gasteiger partial charge in [0.15, 0.2) is 0 Å². The third-order valence-corrected chi connectivity index (χ3v) is 5.51. The van der Waals surface area contributed by atoms with Crippen molar-refractivity contribution in [2.24, 2.45) is 0 Å². The molecule has 0 fully saturated rings. The summed E-state index contributed by atoms with van der Waals surface area (Å²) in [5.41, 5.74) is 1.36. The number of nitrogens with one attached hydrogen (secondary N) is 1. The largest absolute Gasteiger partial charge is 0.306 e. The van der Waals surface area contributed by atoms with E-state index in [1.807, 2.05) is 0 Å². The number of thiophene rings is 1. The Bertz CT molecular complexity index is 510. The Balaban J connectivity index is 2.45. The van der Waals surface area contributed by atoms with Crippen LogP contribution in [-0.4, -0.2) is 12.8 Å². The molecule has 1 nitrogen and oxygen atoms in total. The summed E-state index contributed by atoms with van der Waals surface area (Å²) < 4.78 is 1.19. The van der Waals surface area contributed by atoms with Gasteiger partial charge in [0.1, 0.15) is 0 Å². The molecule has 0 bridgehead atoms. The lowest BCUT2D eigenvalue weighted by Gasteiger charge is -2.20. The highest BCUT2D eigenvalue weighted by atomic mass is 79.9. The summed E-state index contributed by atoms with van der Waals surface area (Å²) in [7, 11) is 0. The normalized spacial score (nSPS) is 12.6. The quantitative estimate of drug-likeness (QED) is 0.773. The van der Waals surface area contributed by atoms with Crippen LogP contribution in [0.1, 0.15) is 23.4 Å². The van der Waals surface area contributed by atoms with Crippen molar-refractivity contribution in [3.63, 3.8) is 0 Å². The van der Waals surface area contributed by atoms with Crippen LogP contribution < -0.4 is 5.32 Å². The van der Waals surface area contributed by atoms with Crippen molar-refractivity contribution < 1.29 is 0 Å². The topological polar surface area (TPSA) is 12.0 Å². The van der Waals surface area contributed by atoms with Gasteiger partial charge in [0.2, 0.25) is 0 Å². The van der Waals surface area contributed by atoms with Crippen molar-refractivity contribution in [1.82, 2.24) is 5.32 Å². The molecule has 96 valence electrons. The van der Waals surface area contributed by atoms with Crippen LogP contribution in [0, 0.1) is 0 Å². The highest BCUT2D eigenvalue weighted by molar-refractivity contribution is 9.10. The second-order valence-corrected chi connectivity index (χ2v) is 6.52. The summed E-state index contributed by atoms with van der Waals surface area (Å²) in [6.45, 7) is 3.11. The summed E-state index contributed by atoms with van der Waals surface area (Å²) in [4.78, 5) is 2.68. The Kier molecular flexibility index (Phi) is 5.30. The molecule has 0 aliphatic carbocycles. The van der Waals surface area contributed by atoms with Crippen molar-refractivity contribution in [3.8, 4) is 0 Å². The van der Waals surface area contributed by atoms with Gasteiger partial charge in [-0.1, -0.05) is 25.1 Å². The van der Waals surface area contributed by atoms with E-state index in [9.17, 15) is 0 Å². The highest BCUT2D eigenvalue weighted by Gasteiger charge is 2.19. The summed E-state index contributed by atoms with van der Waals surface area (Å²) in [5, 5.41) is 5.71. The summed E-state index contributed by atoms with van der Waals surface area (Å²) in [6, 6.07) is 11.0. The molecule has 4 heteroatoms. The predicted molar refractivity (Wildman–Crippen MR) is 85.8 cm³/mol. The molecule has 1 unspecified atom stereocenters. The maximum Gasteiger partial charge on any atom is 0.0693 e. The minimum absolute atomic E-state index is 0.271. The zero-order chi connectivity index (χ0) is 13.0. The van der Waals surface area contributed by atoms with Gasteiger partial charge in [0.05, 0.1) is 6.04 Å². The van der Waals surface area contributed by atoms with Crippen molar-refractivity contribution in [2.75, 3.05) is 12.8 Å². The van der Waals surface area contributed by atoms with Gasteiger partial charge in [0, 0.05) is 14.2 Å². The first-order chi connectivity index (χ1) is 8.77. The van der Waals surface area contributed by atoms with Gasteiger partial charge < -0.3 is 5.32 Å². The fourth-order valence-corrected chi connectivity index (χ4v) is 4.29. The number of rotatable bonds is 5. The van der Waals surface area contributed by atoms with E-state index >= 15 is 0 Å². The standard InChI is InChI=1S/C14H16BrNS2/c1-3-16-13(14-11(15)8-9-18-14)10-6-4-5-7-12(10)17-2/h4-9,13,16H,3H2,1-2H3. The lowest BCUT2D eigenvalue weighted by Crippen LogP contribution is -2.22. The van der Waals surface area contributed by atoms with Crippen LogP contribution in [0.3, 0.4) is 0 Å². The first-order valence-corrected chi connectivity index (χ1v) is 8.76. The van der Waals surface area contributed by atoms with Crippen molar-refractivity contribution in [1.29, 1.82) is 0 Å². The third kappa shape index (κ3) is 2.99. The van der Waals surface area contributed by atoms with Gasteiger partial charge in [0.25, 0.3) is 0 Å². The zero-order valence-electron chi connectivity index (χ0n) is 10.4. The second kappa shape index (κ2) is 6.75. The fraction of sp³-hybridized carbons (Fsp3) is 0.286. The summed E-state index contributed by atoms with van der Waals surface area (Å²) in [5.74, 6) is 0. The Hall–Kier alpha value is -0.290. The molecule has 0 aliphatic rings. The lowest BCUT2D eigenvalue weighted by molar-refractivity contribution is 0.629. The van der Waals surface area contributed by atoms with E-state index in [2.05, 4.69) is 70.1 Å². The number of hydrogen-bond donors (Lipinski definition) is 1. The van der Waals surface area contributed by atoms with E-state index in [4.69, 9.17) is 0 Å². The van der Waals surface area contributed by atoms with E-state index in [-0.39, 0.29) is 6.04 Å². The maximum atomic E-state index is 3.64. The van der Waals surface area contributed by atoms with Crippen molar-refractivity contribution >= 4 is 39.0 Å². The van der Waals surface area contributed by atoms with Crippen molar-refractivity contribution in [2.45, 2.75) is 17.9 Å². The van der Waals surface area contributed by atoms with Crippen LogP contribution in [0.4, 0.5) is 0 Å². The second-order valence-electron chi connectivity index (χ2n) is 3.87. The molecule has 0 amide bonds. The number of thioether (sulfide) groups is 1. The number of halogens is 1. The minimum atomic E-state index is 0.271. The first kappa shape index (κ1) is 14.1. The molecule has 0 spiro atoms. The van der Waals surface area contributed by atoms with E-state index in [0.717, 1.165) is 6.54 Å². The average molecular weight is 342 g/mol. The van der Waals surface area contributed by atoms with Gasteiger partial charge in [-0.3, -0.25) is 0 Å². The first-order valence-electron chi connectivity index (χ1n) is 5.87. The minimum Gasteiger partial charge on any atom is -0.306 e. The Morgan fingerprint density at radius 3 is 2.72 bits per heavy atom. The molecule has 18 heavy (non-hydrogen) atoms. The molecule has 1 N–H and O–H groups in total. The summed E-state index contributed by atoms with van der Waals surface area (Å²) in [6.07, 6.45) is 2.13.